The van der Waals surface area contributed by atoms with E-state index in [9.17, 15) is 19.2 Å². The average Bonchev–Trinajstić information content (AvgIpc) is 3.32. The van der Waals surface area contributed by atoms with Gasteiger partial charge in [-0.1, -0.05) is 170 Å². The van der Waals surface area contributed by atoms with E-state index in [1.165, 1.54) is 89.9 Å². The highest BCUT2D eigenvalue weighted by molar-refractivity contribution is 5.70. The van der Waals surface area contributed by atoms with Gasteiger partial charge in [-0.15, -0.1) is 0 Å². The van der Waals surface area contributed by atoms with Crippen molar-refractivity contribution in [2.75, 3.05) is 59.3 Å². The normalized spacial score (nSPS) is 12.7. The summed E-state index contributed by atoms with van der Waals surface area (Å²) in [5.74, 6) is 0.546. The fraction of sp³-hybridized carbons (Fsp3) is 0.891. The Morgan fingerprint density at radius 1 is 0.394 bits per heavy atom. The van der Waals surface area contributed by atoms with Crippen molar-refractivity contribution >= 4 is 24.1 Å². The molecule has 0 N–H and O–H groups in total. The minimum absolute atomic E-state index is 0.0223. The van der Waals surface area contributed by atoms with Gasteiger partial charge in [0.15, 0.2) is 0 Å². The van der Waals surface area contributed by atoms with Gasteiger partial charge in [-0.05, 0) is 76.3 Å². The number of carbonyl (C=O) groups excluding carboxylic acids is 4. The Kier molecular flexibility index (Phi) is 45.2. The minimum atomic E-state index is -0.753. The van der Waals surface area contributed by atoms with Crippen LogP contribution in [0.4, 0.5) is 4.79 Å². The van der Waals surface area contributed by atoms with E-state index in [1.54, 1.807) is 0 Å². The molecule has 0 aliphatic heterocycles. The monoisotopic (exact) mass is 938 g/mol. The number of nitrogens with zero attached hydrogens (tertiary/aromatic N) is 1. The van der Waals surface area contributed by atoms with Gasteiger partial charge in [0.2, 0.25) is 0 Å². The number of rotatable bonds is 49. The van der Waals surface area contributed by atoms with E-state index in [4.69, 9.17) is 28.4 Å². The van der Waals surface area contributed by atoms with Gasteiger partial charge in [0.05, 0.1) is 38.1 Å². The topological polar surface area (TPSA) is 127 Å². The van der Waals surface area contributed by atoms with Crippen LogP contribution >= 0.6 is 0 Å². The first-order chi connectivity index (χ1) is 32.1. The highest BCUT2D eigenvalue weighted by atomic mass is 16.7. The molecule has 0 spiro atoms. The van der Waals surface area contributed by atoms with Crippen LogP contribution in [0, 0.1) is 17.8 Å². The number of allylic oxidation sites excluding steroid dienone is 1. The zero-order valence-corrected chi connectivity index (χ0v) is 43.8. The molecule has 0 bridgehead atoms. The summed E-state index contributed by atoms with van der Waals surface area (Å²) >= 11 is 0. The molecule has 388 valence electrons. The lowest BCUT2D eigenvalue weighted by Gasteiger charge is -2.19. The molecule has 0 aliphatic carbocycles. The largest absolute Gasteiger partial charge is 0.508 e. The van der Waals surface area contributed by atoms with Crippen molar-refractivity contribution in [3.63, 3.8) is 0 Å². The lowest BCUT2D eigenvalue weighted by atomic mass is 9.95. The second kappa shape index (κ2) is 47.3. The maximum Gasteiger partial charge on any atom is 0.508 e. The third kappa shape index (κ3) is 41.4. The van der Waals surface area contributed by atoms with Crippen LogP contribution in [0.15, 0.2) is 12.3 Å². The molecule has 0 aromatic rings. The van der Waals surface area contributed by atoms with Crippen molar-refractivity contribution in [2.24, 2.45) is 17.8 Å². The van der Waals surface area contributed by atoms with Gasteiger partial charge in [0.1, 0.15) is 13.2 Å². The van der Waals surface area contributed by atoms with Gasteiger partial charge < -0.3 is 33.3 Å². The zero-order chi connectivity index (χ0) is 48.7. The van der Waals surface area contributed by atoms with Crippen LogP contribution in [-0.2, 0) is 42.8 Å². The van der Waals surface area contributed by atoms with Crippen molar-refractivity contribution in [1.29, 1.82) is 0 Å². The third-order valence-corrected chi connectivity index (χ3v) is 12.7. The summed E-state index contributed by atoms with van der Waals surface area (Å²) in [4.78, 5) is 52.3. The van der Waals surface area contributed by atoms with E-state index < -0.39 is 12.1 Å². The molecule has 66 heavy (non-hydrogen) atoms. The molecule has 0 saturated heterocycles. The predicted octanol–water partition coefficient (Wildman–Crippen LogP) is 14.7. The molecule has 3 atom stereocenters. The van der Waals surface area contributed by atoms with Crippen LogP contribution in [0.25, 0.3) is 0 Å². The second-order valence-corrected chi connectivity index (χ2v) is 18.8. The molecule has 0 heterocycles. The molecule has 0 aliphatic rings. The summed E-state index contributed by atoms with van der Waals surface area (Å²) in [6.07, 6.45) is 30.5. The van der Waals surface area contributed by atoms with Gasteiger partial charge in [-0.2, -0.15) is 0 Å². The number of unbranched alkanes of at least 4 members (excludes halogenated alkanes) is 17. The third-order valence-electron chi connectivity index (χ3n) is 12.7. The molecule has 11 heteroatoms. The molecular weight excluding hydrogens is 835 g/mol. The van der Waals surface area contributed by atoms with Crippen molar-refractivity contribution < 1.29 is 47.6 Å². The Balaban J connectivity index is 4.67. The quantitative estimate of drug-likeness (QED) is 0.0250. The van der Waals surface area contributed by atoms with Crippen molar-refractivity contribution in [1.82, 2.24) is 4.90 Å². The van der Waals surface area contributed by atoms with E-state index in [1.807, 2.05) is 0 Å². The fourth-order valence-corrected chi connectivity index (χ4v) is 8.00. The molecule has 0 aromatic heterocycles. The Morgan fingerprint density at radius 3 is 1.27 bits per heavy atom. The van der Waals surface area contributed by atoms with Crippen LogP contribution in [0.3, 0.4) is 0 Å². The molecule has 0 radical (unpaired) electrons. The maximum atomic E-state index is 12.7. The molecule has 0 aromatic carbocycles. The standard InChI is InChI=1S/C55H103NO10/c1-8-14-17-20-23-28-37-50(36-27-19-16-10-3)44-64-54(59)40-32-31-34-48(7)62-45-51(47-66-55(60)61-42-33-41-56(12-5)13-6)46-65-53(58)39-30-25-22-21-24-29-38-52(57)63-43-49(11-4)35-26-18-15-9-2/h49-51H,7-47H2,1-6H3. The van der Waals surface area contributed by atoms with E-state index in [2.05, 4.69) is 53.0 Å². The van der Waals surface area contributed by atoms with E-state index in [-0.39, 0.29) is 44.3 Å². The molecule has 0 fully saturated rings. The number of carbonyl (C=O) groups is 4. The van der Waals surface area contributed by atoms with Crippen LogP contribution in [-0.4, -0.2) is 88.2 Å². The first kappa shape index (κ1) is 63.2. The number of hydrogen-bond donors (Lipinski definition) is 0. The van der Waals surface area contributed by atoms with E-state index in [0.29, 0.717) is 69.3 Å². The lowest BCUT2D eigenvalue weighted by Crippen LogP contribution is -2.26. The number of hydrogen-bond acceptors (Lipinski definition) is 11. The van der Waals surface area contributed by atoms with Crippen LogP contribution in [0.5, 0.6) is 0 Å². The van der Waals surface area contributed by atoms with Crippen LogP contribution < -0.4 is 0 Å². The van der Waals surface area contributed by atoms with Gasteiger partial charge in [-0.25, -0.2) is 4.79 Å². The molecule has 3 unspecified atom stereocenters. The van der Waals surface area contributed by atoms with Crippen LogP contribution in [0.1, 0.15) is 241 Å². The van der Waals surface area contributed by atoms with Gasteiger partial charge in [0, 0.05) is 32.2 Å². The first-order valence-corrected chi connectivity index (χ1v) is 27.4. The van der Waals surface area contributed by atoms with E-state index >= 15 is 0 Å². The summed E-state index contributed by atoms with van der Waals surface area (Å²) in [7, 11) is 0. The first-order valence-electron chi connectivity index (χ1n) is 27.4. The molecule has 0 rings (SSSR count). The lowest BCUT2D eigenvalue weighted by molar-refractivity contribution is -0.147. The average molecular weight is 938 g/mol. The number of ether oxygens (including phenoxy) is 6. The Morgan fingerprint density at radius 2 is 0.773 bits per heavy atom. The van der Waals surface area contributed by atoms with Crippen molar-refractivity contribution in [2.45, 2.75) is 241 Å². The highest BCUT2D eigenvalue weighted by Crippen LogP contribution is 2.21. The second-order valence-electron chi connectivity index (χ2n) is 18.8. The Bertz CT molecular complexity index is 1160. The van der Waals surface area contributed by atoms with Crippen LogP contribution in [0.2, 0.25) is 0 Å². The van der Waals surface area contributed by atoms with Crippen molar-refractivity contribution in [3.05, 3.63) is 12.3 Å². The molecule has 0 saturated carbocycles. The summed E-state index contributed by atoms with van der Waals surface area (Å²) in [5, 5.41) is 0. The predicted molar refractivity (Wildman–Crippen MR) is 269 cm³/mol. The molecule has 11 nitrogen and oxygen atoms in total. The SMILES string of the molecule is C=C(CCCCC(=O)OCC(CCCCCC)CCCCCCCC)OCC(COC(=O)CCCCCCCCC(=O)OCC(CC)CCCCCC)COC(=O)OCCCN(CC)CC. The minimum Gasteiger partial charge on any atom is -0.498 e. The molecule has 0 amide bonds. The summed E-state index contributed by atoms with van der Waals surface area (Å²) in [6.45, 7) is 21.4. The number of esters is 3. The Labute approximate surface area is 405 Å². The molecular formula is C55H103NO10. The summed E-state index contributed by atoms with van der Waals surface area (Å²) < 4.78 is 33.6. The summed E-state index contributed by atoms with van der Waals surface area (Å²) in [6, 6.07) is 0. The fourth-order valence-electron chi connectivity index (χ4n) is 8.00. The van der Waals surface area contributed by atoms with Gasteiger partial charge in [0.25, 0.3) is 0 Å². The van der Waals surface area contributed by atoms with E-state index in [0.717, 1.165) is 90.3 Å². The Hall–Kier alpha value is -2.82. The maximum absolute atomic E-state index is 12.7. The van der Waals surface area contributed by atoms with Crippen molar-refractivity contribution in [3.8, 4) is 0 Å². The summed E-state index contributed by atoms with van der Waals surface area (Å²) in [5.41, 5.74) is 0. The van der Waals surface area contributed by atoms with Gasteiger partial charge >= 0.3 is 24.1 Å². The zero-order valence-electron chi connectivity index (χ0n) is 43.8. The van der Waals surface area contributed by atoms with Gasteiger partial charge in [-0.3, -0.25) is 14.4 Å². The smallest absolute Gasteiger partial charge is 0.498 e. The highest BCUT2D eigenvalue weighted by Gasteiger charge is 2.18.